The summed E-state index contributed by atoms with van der Waals surface area (Å²) in [7, 11) is 0. The second-order valence-electron chi connectivity index (χ2n) is 9.26. The van der Waals surface area contributed by atoms with E-state index >= 15 is 0 Å². The summed E-state index contributed by atoms with van der Waals surface area (Å²) < 4.78 is 5.52. The molecule has 0 N–H and O–H groups in total. The molecule has 0 radical (unpaired) electrons. The smallest absolute Gasteiger partial charge is 0.316 e. The molecule has 0 bridgehead atoms. The van der Waals surface area contributed by atoms with Gasteiger partial charge < -0.3 is 9.64 Å². The van der Waals surface area contributed by atoms with Crippen LogP contribution in [-0.4, -0.2) is 35.2 Å². The van der Waals surface area contributed by atoms with E-state index < -0.39 is 28.6 Å². The van der Waals surface area contributed by atoms with Gasteiger partial charge >= 0.3 is 5.97 Å². The highest BCUT2D eigenvalue weighted by atomic mass is 16.6. The fourth-order valence-corrected chi connectivity index (χ4v) is 5.16. The molecule has 2 fully saturated rings. The van der Waals surface area contributed by atoms with Crippen LogP contribution in [0.2, 0.25) is 0 Å². The maximum absolute atomic E-state index is 13.1. The van der Waals surface area contributed by atoms with E-state index in [1.807, 2.05) is 19.1 Å². The Balaban J connectivity index is 1.28. The number of rotatable bonds is 5. The first kappa shape index (κ1) is 23.4. The fourth-order valence-electron chi connectivity index (χ4n) is 5.16. The quantitative estimate of drug-likeness (QED) is 0.158. The zero-order chi connectivity index (χ0) is 25.6. The van der Waals surface area contributed by atoms with Crippen LogP contribution in [0.1, 0.15) is 19.8 Å². The molecular weight excluding hydrogens is 466 g/mol. The van der Waals surface area contributed by atoms with Crippen LogP contribution in [0.3, 0.4) is 0 Å². The van der Waals surface area contributed by atoms with Crippen LogP contribution < -0.4 is 14.5 Å². The van der Waals surface area contributed by atoms with Crippen LogP contribution in [0.25, 0.3) is 0 Å². The van der Waals surface area contributed by atoms with Gasteiger partial charge in [0, 0.05) is 36.9 Å². The van der Waals surface area contributed by atoms with E-state index in [2.05, 4.69) is 0 Å². The Kier molecular flexibility index (Phi) is 5.87. The Labute approximate surface area is 206 Å². The normalized spacial score (nSPS) is 25.3. The number of nitro groups is 1. The summed E-state index contributed by atoms with van der Waals surface area (Å²) in [6.07, 6.45) is 4.34. The first-order valence-electron chi connectivity index (χ1n) is 11.7. The van der Waals surface area contributed by atoms with Gasteiger partial charge in [-0.15, -0.1) is 0 Å². The van der Waals surface area contributed by atoms with Gasteiger partial charge in [0.05, 0.1) is 28.4 Å². The molecule has 4 atom stereocenters. The number of hydrogen-bond donors (Lipinski definition) is 0. The third kappa shape index (κ3) is 4.04. The van der Waals surface area contributed by atoms with Crippen molar-refractivity contribution >= 4 is 40.8 Å². The summed E-state index contributed by atoms with van der Waals surface area (Å²) in [5.41, 5.74) is 0.701. The molecule has 3 aliphatic rings. The Bertz CT molecular complexity index is 1300. The maximum Gasteiger partial charge on any atom is 0.316 e. The van der Waals surface area contributed by atoms with Crippen LogP contribution >= 0.6 is 0 Å². The number of carbonyl (C=O) groups is 4. The van der Waals surface area contributed by atoms with Crippen molar-refractivity contribution in [3.8, 4) is 5.75 Å². The molecule has 0 unspecified atom stereocenters. The number of nitro benzene ring substituents is 1. The van der Waals surface area contributed by atoms with Gasteiger partial charge in [-0.3, -0.25) is 29.3 Å². The van der Waals surface area contributed by atoms with Crippen molar-refractivity contribution < 1.29 is 28.8 Å². The highest BCUT2D eigenvalue weighted by Gasteiger charge is 2.50. The number of non-ortho nitro benzene ring substituents is 1. The molecule has 0 aromatic heterocycles. The number of imide groups is 1. The van der Waals surface area contributed by atoms with Gasteiger partial charge in [-0.25, -0.2) is 4.90 Å². The lowest BCUT2D eigenvalue weighted by Gasteiger charge is -2.22. The van der Waals surface area contributed by atoms with E-state index in [1.165, 1.54) is 40.1 Å². The van der Waals surface area contributed by atoms with Gasteiger partial charge in [-0.2, -0.15) is 0 Å². The summed E-state index contributed by atoms with van der Waals surface area (Å²) in [6, 6.07) is 11.8. The van der Waals surface area contributed by atoms with Gasteiger partial charge in [-0.1, -0.05) is 25.1 Å². The SMILES string of the molecule is C[C@@H]1C=CC[C@@H]2C(=O)N(c3cccc(OC(=O)[C@@H]4CC(=O)N(c5ccc([N+](=O)[O-])cc5)C4)c3)C(=O)[C@H]12. The van der Waals surface area contributed by atoms with Crippen LogP contribution in [0.15, 0.2) is 60.7 Å². The molecule has 2 aromatic carbocycles. The molecule has 10 nitrogen and oxygen atoms in total. The minimum absolute atomic E-state index is 0.0372. The molecule has 3 amide bonds. The Morgan fingerprint density at radius 1 is 1.06 bits per heavy atom. The van der Waals surface area contributed by atoms with Gasteiger partial charge in [-0.05, 0) is 36.6 Å². The summed E-state index contributed by atoms with van der Waals surface area (Å²) >= 11 is 0. The predicted molar refractivity (Wildman–Crippen MR) is 128 cm³/mol. The number of anilines is 2. The minimum atomic E-state index is -0.735. The number of hydrogen-bond acceptors (Lipinski definition) is 7. The van der Waals surface area contributed by atoms with E-state index in [9.17, 15) is 29.3 Å². The summed E-state index contributed by atoms with van der Waals surface area (Å²) in [4.78, 5) is 64.3. The molecule has 184 valence electrons. The molecule has 10 heteroatoms. The Morgan fingerprint density at radius 3 is 2.50 bits per heavy atom. The molecule has 2 saturated heterocycles. The number of esters is 1. The van der Waals surface area contributed by atoms with Crippen LogP contribution in [0.4, 0.5) is 17.1 Å². The number of ether oxygens (including phenoxy) is 1. The number of benzene rings is 2. The van der Waals surface area contributed by atoms with Crippen molar-refractivity contribution in [2.24, 2.45) is 23.7 Å². The molecule has 2 aliphatic heterocycles. The van der Waals surface area contributed by atoms with Crippen molar-refractivity contribution in [1.29, 1.82) is 0 Å². The second-order valence-corrected chi connectivity index (χ2v) is 9.26. The first-order valence-corrected chi connectivity index (χ1v) is 11.7. The van der Waals surface area contributed by atoms with Crippen molar-refractivity contribution in [2.75, 3.05) is 16.3 Å². The molecular formula is C26H23N3O7. The number of fused-ring (bicyclic) bond motifs is 1. The van der Waals surface area contributed by atoms with Gasteiger partial charge in [0.15, 0.2) is 0 Å². The fraction of sp³-hybridized carbons (Fsp3) is 0.308. The van der Waals surface area contributed by atoms with Gasteiger partial charge in [0.2, 0.25) is 17.7 Å². The molecule has 36 heavy (non-hydrogen) atoms. The molecule has 2 aromatic rings. The number of allylic oxidation sites excluding steroid dienone is 2. The predicted octanol–water partition coefficient (Wildman–Crippen LogP) is 3.25. The van der Waals surface area contributed by atoms with E-state index in [4.69, 9.17) is 4.74 Å². The topological polar surface area (TPSA) is 127 Å². The lowest BCUT2D eigenvalue weighted by Crippen LogP contribution is -2.31. The lowest BCUT2D eigenvalue weighted by molar-refractivity contribution is -0.384. The van der Waals surface area contributed by atoms with E-state index in [0.717, 1.165) is 0 Å². The second kappa shape index (κ2) is 9.03. The average molecular weight is 489 g/mol. The van der Waals surface area contributed by atoms with Crippen molar-refractivity contribution in [3.05, 3.63) is 70.8 Å². The molecule has 0 saturated carbocycles. The van der Waals surface area contributed by atoms with Crippen LogP contribution in [0, 0.1) is 33.8 Å². The van der Waals surface area contributed by atoms with Crippen LogP contribution in [0.5, 0.6) is 5.75 Å². The summed E-state index contributed by atoms with van der Waals surface area (Å²) in [5.74, 6) is -2.82. The molecule has 2 heterocycles. The highest BCUT2D eigenvalue weighted by Crippen LogP contribution is 2.41. The summed E-state index contributed by atoms with van der Waals surface area (Å²) in [5, 5.41) is 10.9. The molecule has 0 spiro atoms. The third-order valence-corrected chi connectivity index (χ3v) is 7.00. The molecule has 5 rings (SSSR count). The number of amides is 3. The Morgan fingerprint density at radius 2 is 1.81 bits per heavy atom. The molecule has 1 aliphatic carbocycles. The van der Waals surface area contributed by atoms with Gasteiger partial charge in [0.1, 0.15) is 5.75 Å². The number of carbonyl (C=O) groups excluding carboxylic acids is 4. The third-order valence-electron chi connectivity index (χ3n) is 7.00. The number of nitrogens with zero attached hydrogens (tertiary/aromatic N) is 3. The zero-order valence-corrected chi connectivity index (χ0v) is 19.4. The largest absolute Gasteiger partial charge is 0.426 e. The zero-order valence-electron chi connectivity index (χ0n) is 19.4. The van der Waals surface area contributed by atoms with Crippen molar-refractivity contribution in [3.63, 3.8) is 0 Å². The lowest BCUT2D eigenvalue weighted by atomic mass is 9.78. The van der Waals surface area contributed by atoms with Crippen molar-refractivity contribution in [1.82, 2.24) is 0 Å². The monoisotopic (exact) mass is 489 g/mol. The van der Waals surface area contributed by atoms with Crippen LogP contribution in [-0.2, 0) is 19.2 Å². The van der Waals surface area contributed by atoms with E-state index in [-0.39, 0.29) is 48.0 Å². The van der Waals surface area contributed by atoms with Gasteiger partial charge in [0.25, 0.3) is 5.69 Å². The first-order chi connectivity index (χ1) is 17.2. The summed E-state index contributed by atoms with van der Waals surface area (Å²) in [6.45, 7) is 2.00. The minimum Gasteiger partial charge on any atom is -0.426 e. The van der Waals surface area contributed by atoms with Crippen molar-refractivity contribution in [2.45, 2.75) is 19.8 Å². The maximum atomic E-state index is 13.1. The van der Waals surface area contributed by atoms with E-state index in [1.54, 1.807) is 18.2 Å². The average Bonchev–Trinajstić information content (AvgIpc) is 3.37. The highest BCUT2D eigenvalue weighted by molar-refractivity contribution is 6.22. The van der Waals surface area contributed by atoms with E-state index in [0.29, 0.717) is 17.8 Å². The standard InChI is InChI=1S/C26H23N3O7/c1-15-4-2-7-21-23(15)25(32)28(24(21)31)19-5-3-6-20(13-19)36-26(33)16-12-22(30)27(14-16)17-8-10-18(11-9-17)29(34)35/h2-6,8-11,13,15-16,21,23H,7,12,14H2,1H3/t15-,16-,21+,23-/m1/s1. The Hall–Kier alpha value is -4.34.